The van der Waals surface area contributed by atoms with Crippen LogP contribution < -0.4 is 4.90 Å². The quantitative estimate of drug-likeness (QED) is 0.751. The molecule has 0 spiro atoms. The first-order valence-corrected chi connectivity index (χ1v) is 8.81. The molecule has 1 aliphatic rings. The topological polar surface area (TPSA) is 35.8 Å². The van der Waals surface area contributed by atoms with Crippen molar-refractivity contribution in [2.24, 2.45) is 4.99 Å². The highest BCUT2D eigenvalue weighted by molar-refractivity contribution is 9.10. The number of aliphatic imine (C=N–C) groups is 1. The fourth-order valence-electron chi connectivity index (χ4n) is 2.91. The Morgan fingerprint density at radius 2 is 1.78 bits per heavy atom. The summed E-state index contributed by atoms with van der Waals surface area (Å²) >= 11 is 3.45. The molecule has 1 aliphatic heterocycles. The second-order valence-electron chi connectivity index (χ2n) is 5.98. The van der Waals surface area contributed by atoms with Gasteiger partial charge in [0.25, 0.3) is 0 Å². The molecule has 3 nitrogen and oxygen atoms in total. The predicted molar refractivity (Wildman–Crippen MR) is 100 cm³/mol. The van der Waals surface area contributed by atoms with Crippen molar-refractivity contribution in [3.63, 3.8) is 0 Å². The number of halogens is 1. The van der Waals surface area contributed by atoms with Crippen LogP contribution in [0.1, 0.15) is 30.4 Å². The Labute approximate surface area is 145 Å². The van der Waals surface area contributed by atoms with Crippen molar-refractivity contribution in [3.05, 3.63) is 52.0 Å². The van der Waals surface area contributed by atoms with E-state index in [1.165, 1.54) is 24.9 Å². The molecule has 0 bridgehead atoms. The van der Waals surface area contributed by atoms with Crippen LogP contribution in [-0.4, -0.2) is 24.4 Å². The van der Waals surface area contributed by atoms with E-state index in [4.69, 9.17) is 0 Å². The van der Waals surface area contributed by atoms with Gasteiger partial charge >= 0.3 is 0 Å². The van der Waals surface area contributed by atoms with E-state index in [0.29, 0.717) is 0 Å². The van der Waals surface area contributed by atoms with Gasteiger partial charge in [0, 0.05) is 35.0 Å². The maximum Gasteiger partial charge on any atom is 0.127 e. The number of aryl methyl sites for hydroxylation is 1. The molecule has 120 valence electrons. The van der Waals surface area contributed by atoms with Crippen molar-refractivity contribution in [1.82, 2.24) is 0 Å². The molecule has 0 unspecified atom stereocenters. The Morgan fingerprint density at radius 1 is 1.09 bits per heavy atom. The molecule has 23 heavy (non-hydrogen) atoms. The fourth-order valence-corrected chi connectivity index (χ4v) is 3.50. The molecular formula is C19H21BrN2O. The van der Waals surface area contributed by atoms with Gasteiger partial charge in [0.05, 0.1) is 5.69 Å². The first kappa shape index (κ1) is 16.1. The number of aromatic hydroxyl groups is 1. The fraction of sp³-hybridized carbons (Fsp3) is 0.316. The number of piperidine rings is 1. The number of hydrogen-bond acceptors (Lipinski definition) is 3. The number of rotatable bonds is 3. The lowest BCUT2D eigenvalue weighted by atomic mass is 10.1. The van der Waals surface area contributed by atoms with Gasteiger partial charge in [-0.15, -0.1) is 0 Å². The minimum Gasteiger partial charge on any atom is -0.507 e. The smallest absolute Gasteiger partial charge is 0.127 e. The van der Waals surface area contributed by atoms with Crippen LogP contribution in [0, 0.1) is 6.92 Å². The van der Waals surface area contributed by atoms with Gasteiger partial charge in [0.15, 0.2) is 0 Å². The zero-order valence-corrected chi connectivity index (χ0v) is 14.9. The molecule has 1 N–H and O–H groups in total. The molecule has 0 radical (unpaired) electrons. The largest absolute Gasteiger partial charge is 0.507 e. The van der Waals surface area contributed by atoms with Gasteiger partial charge in [-0.05, 0) is 68.1 Å². The van der Waals surface area contributed by atoms with Crippen molar-refractivity contribution in [2.45, 2.75) is 26.2 Å². The lowest BCUT2D eigenvalue weighted by molar-refractivity contribution is 0.470. The monoisotopic (exact) mass is 372 g/mol. The first-order chi connectivity index (χ1) is 11.1. The molecule has 0 aliphatic carbocycles. The van der Waals surface area contributed by atoms with Crippen molar-refractivity contribution in [2.75, 3.05) is 18.0 Å². The number of benzene rings is 2. The van der Waals surface area contributed by atoms with Crippen LogP contribution in [0.5, 0.6) is 5.75 Å². The zero-order chi connectivity index (χ0) is 16.2. The number of anilines is 1. The number of nitrogens with zero attached hydrogens (tertiary/aromatic N) is 2. The third-order valence-electron chi connectivity index (χ3n) is 4.22. The summed E-state index contributed by atoms with van der Waals surface area (Å²) in [4.78, 5) is 6.91. The summed E-state index contributed by atoms with van der Waals surface area (Å²) in [5.41, 5.74) is 3.71. The molecule has 1 heterocycles. The lowest BCUT2D eigenvalue weighted by Crippen LogP contribution is -2.29. The minimum absolute atomic E-state index is 0.280. The second kappa shape index (κ2) is 7.18. The summed E-state index contributed by atoms with van der Waals surface area (Å²) in [6, 6.07) is 12.1. The number of phenolic OH excluding ortho intramolecular Hbond substituents is 1. The van der Waals surface area contributed by atoms with E-state index < -0.39 is 0 Å². The van der Waals surface area contributed by atoms with Gasteiger partial charge in [0.2, 0.25) is 0 Å². The Morgan fingerprint density at radius 3 is 2.48 bits per heavy atom. The molecule has 0 amide bonds. The summed E-state index contributed by atoms with van der Waals surface area (Å²) in [5, 5.41) is 10.1. The summed E-state index contributed by atoms with van der Waals surface area (Å²) < 4.78 is 0.940. The van der Waals surface area contributed by atoms with E-state index in [-0.39, 0.29) is 5.75 Å². The Hall–Kier alpha value is -1.81. The van der Waals surface area contributed by atoms with Gasteiger partial charge in [-0.25, -0.2) is 0 Å². The normalized spacial score (nSPS) is 15.3. The highest BCUT2D eigenvalue weighted by atomic mass is 79.9. The van der Waals surface area contributed by atoms with Crippen molar-refractivity contribution in [1.29, 1.82) is 0 Å². The summed E-state index contributed by atoms with van der Waals surface area (Å²) in [6.45, 7) is 4.17. The van der Waals surface area contributed by atoms with Gasteiger partial charge in [-0.1, -0.05) is 15.9 Å². The molecule has 0 saturated carbocycles. The van der Waals surface area contributed by atoms with E-state index in [1.54, 1.807) is 6.21 Å². The van der Waals surface area contributed by atoms with Crippen LogP contribution in [0.25, 0.3) is 0 Å². The molecule has 1 fully saturated rings. The number of hydrogen-bond donors (Lipinski definition) is 1. The van der Waals surface area contributed by atoms with Gasteiger partial charge in [-0.3, -0.25) is 4.99 Å². The van der Waals surface area contributed by atoms with Crippen LogP contribution >= 0.6 is 15.9 Å². The first-order valence-electron chi connectivity index (χ1n) is 8.02. The standard InChI is InChI=1S/C19H21BrN2O/c1-14-11-16(20)12-15(19(14)23)13-21-17-5-7-18(8-6-17)22-9-3-2-4-10-22/h5-8,11-13,23H,2-4,9-10H2,1H3. The van der Waals surface area contributed by atoms with Crippen molar-refractivity contribution >= 4 is 33.5 Å². The predicted octanol–water partition coefficient (Wildman–Crippen LogP) is 5.20. The highest BCUT2D eigenvalue weighted by Gasteiger charge is 2.10. The van der Waals surface area contributed by atoms with E-state index >= 15 is 0 Å². The van der Waals surface area contributed by atoms with Crippen molar-refractivity contribution in [3.8, 4) is 5.75 Å². The van der Waals surface area contributed by atoms with E-state index in [0.717, 1.165) is 34.4 Å². The van der Waals surface area contributed by atoms with E-state index in [9.17, 15) is 5.11 Å². The van der Waals surface area contributed by atoms with Crippen LogP contribution in [0.3, 0.4) is 0 Å². The SMILES string of the molecule is Cc1cc(Br)cc(C=Nc2ccc(N3CCCCC3)cc2)c1O. The highest BCUT2D eigenvalue weighted by Crippen LogP contribution is 2.27. The Bertz CT molecular complexity index is 704. The third-order valence-corrected chi connectivity index (χ3v) is 4.68. The summed E-state index contributed by atoms with van der Waals surface area (Å²) in [7, 11) is 0. The maximum absolute atomic E-state index is 10.1. The molecule has 3 rings (SSSR count). The maximum atomic E-state index is 10.1. The molecule has 2 aromatic rings. The van der Waals surface area contributed by atoms with Crippen LogP contribution in [-0.2, 0) is 0 Å². The average Bonchev–Trinajstić information content (AvgIpc) is 2.58. The molecule has 0 atom stereocenters. The summed E-state index contributed by atoms with van der Waals surface area (Å²) in [6.07, 6.45) is 5.61. The van der Waals surface area contributed by atoms with Crippen molar-refractivity contribution < 1.29 is 5.11 Å². The van der Waals surface area contributed by atoms with E-state index in [2.05, 4.69) is 38.0 Å². The van der Waals surface area contributed by atoms with Gasteiger partial charge < -0.3 is 10.0 Å². The van der Waals surface area contributed by atoms with Crippen LogP contribution in [0.15, 0.2) is 45.9 Å². The number of phenols is 1. The molecule has 2 aromatic carbocycles. The zero-order valence-electron chi connectivity index (χ0n) is 13.3. The molecule has 1 saturated heterocycles. The van der Waals surface area contributed by atoms with Crippen LogP contribution in [0.2, 0.25) is 0 Å². The molecule has 4 heteroatoms. The third kappa shape index (κ3) is 3.94. The molecule has 0 aromatic heterocycles. The Balaban J connectivity index is 1.75. The molecular weight excluding hydrogens is 352 g/mol. The average molecular weight is 373 g/mol. The van der Waals surface area contributed by atoms with Gasteiger partial charge in [-0.2, -0.15) is 0 Å². The van der Waals surface area contributed by atoms with E-state index in [1.807, 2.05) is 31.2 Å². The summed E-state index contributed by atoms with van der Waals surface area (Å²) in [5.74, 6) is 0.280. The Kier molecular flexibility index (Phi) is 5.01. The second-order valence-corrected chi connectivity index (χ2v) is 6.90. The minimum atomic E-state index is 0.280. The van der Waals surface area contributed by atoms with Crippen LogP contribution in [0.4, 0.5) is 11.4 Å². The lowest BCUT2D eigenvalue weighted by Gasteiger charge is -2.28. The van der Waals surface area contributed by atoms with Gasteiger partial charge in [0.1, 0.15) is 5.75 Å².